The first-order valence-electron chi connectivity index (χ1n) is 7.53. The van der Waals surface area contributed by atoms with Gasteiger partial charge in [-0.15, -0.1) is 0 Å². The lowest BCUT2D eigenvalue weighted by Crippen LogP contribution is -2.16. The molecule has 0 aliphatic carbocycles. The number of carbonyl (C=O) groups excluding carboxylic acids is 2. The summed E-state index contributed by atoms with van der Waals surface area (Å²) in [6, 6.07) is 11.9. The molecular formula is C18H20N2O4. The van der Waals surface area contributed by atoms with Gasteiger partial charge in [0.15, 0.2) is 0 Å². The Morgan fingerprint density at radius 2 is 1.83 bits per heavy atom. The molecule has 6 heteroatoms. The van der Waals surface area contributed by atoms with Crippen molar-refractivity contribution in [1.82, 2.24) is 0 Å². The molecule has 0 saturated heterocycles. The van der Waals surface area contributed by atoms with Crippen LogP contribution >= 0.6 is 0 Å². The van der Waals surface area contributed by atoms with Crippen molar-refractivity contribution in [2.75, 3.05) is 24.8 Å². The summed E-state index contributed by atoms with van der Waals surface area (Å²) in [4.78, 5) is 23.7. The van der Waals surface area contributed by atoms with Gasteiger partial charge in [-0.3, -0.25) is 4.79 Å². The average molecular weight is 328 g/mol. The van der Waals surface area contributed by atoms with E-state index in [-0.39, 0.29) is 12.3 Å². The molecule has 126 valence electrons. The second kappa shape index (κ2) is 8.01. The summed E-state index contributed by atoms with van der Waals surface area (Å²) in [5.74, 6) is 0.0431. The molecule has 2 rings (SSSR count). The highest BCUT2D eigenvalue weighted by Gasteiger charge is 2.11. The summed E-state index contributed by atoms with van der Waals surface area (Å²) in [5, 5.41) is 2.71. The molecule has 0 bridgehead atoms. The van der Waals surface area contributed by atoms with Gasteiger partial charge in [-0.2, -0.15) is 0 Å². The number of methoxy groups -OCH3 is 1. The molecule has 6 nitrogen and oxygen atoms in total. The van der Waals surface area contributed by atoms with Crippen LogP contribution in [0.3, 0.4) is 0 Å². The Balaban J connectivity index is 2.05. The maximum Gasteiger partial charge on any atom is 0.337 e. The van der Waals surface area contributed by atoms with E-state index in [1.807, 2.05) is 31.2 Å². The molecule has 0 aliphatic rings. The van der Waals surface area contributed by atoms with Crippen molar-refractivity contribution in [2.45, 2.75) is 13.3 Å². The molecule has 24 heavy (non-hydrogen) atoms. The highest BCUT2D eigenvalue weighted by atomic mass is 16.5. The van der Waals surface area contributed by atoms with Gasteiger partial charge < -0.3 is 20.5 Å². The van der Waals surface area contributed by atoms with E-state index < -0.39 is 5.97 Å². The van der Waals surface area contributed by atoms with Gasteiger partial charge in [-0.25, -0.2) is 4.79 Å². The van der Waals surface area contributed by atoms with Crippen molar-refractivity contribution >= 4 is 23.3 Å². The molecule has 0 fully saturated rings. The van der Waals surface area contributed by atoms with Crippen LogP contribution in [0.5, 0.6) is 5.75 Å². The first-order chi connectivity index (χ1) is 11.5. The average Bonchev–Trinajstić information content (AvgIpc) is 2.58. The van der Waals surface area contributed by atoms with E-state index in [1.165, 1.54) is 13.2 Å². The number of benzene rings is 2. The highest BCUT2D eigenvalue weighted by Crippen LogP contribution is 2.21. The van der Waals surface area contributed by atoms with Crippen molar-refractivity contribution < 1.29 is 19.1 Å². The normalized spacial score (nSPS) is 10.1. The summed E-state index contributed by atoms with van der Waals surface area (Å²) in [6.07, 6.45) is 0.189. The fraction of sp³-hybridized carbons (Fsp3) is 0.222. The van der Waals surface area contributed by atoms with Crippen molar-refractivity contribution in [3.05, 3.63) is 53.6 Å². The fourth-order valence-electron chi connectivity index (χ4n) is 2.16. The van der Waals surface area contributed by atoms with Gasteiger partial charge in [-0.1, -0.05) is 12.1 Å². The second-order valence-corrected chi connectivity index (χ2v) is 5.10. The van der Waals surface area contributed by atoms with Crippen LogP contribution in [0.25, 0.3) is 0 Å². The molecule has 0 aromatic heterocycles. The topological polar surface area (TPSA) is 90.6 Å². The number of hydrogen-bond acceptors (Lipinski definition) is 5. The number of rotatable bonds is 6. The van der Waals surface area contributed by atoms with Gasteiger partial charge in [0.25, 0.3) is 0 Å². The summed E-state index contributed by atoms with van der Waals surface area (Å²) in [5.41, 5.74) is 7.77. The minimum atomic E-state index is -0.489. The van der Waals surface area contributed by atoms with Crippen LogP contribution in [0, 0.1) is 0 Å². The number of ether oxygens (including phenoxy) is 2. The molecule has 0 radical (unpaired) electrons. The van der Waals surface area contributed by atoms with Crippen LogP contribution in [0.15, 0.2) is 42.5 Å². The number of nitrogens with two attached hydrogens (primary N) is 1. The molecular weight excluding hydrogens is 308 g/mol. The predicted molar refractivity (Wildman–Crippen MR) is 92.1 cm³/mol. The van der Waals surface area contributed by atoms with Crippen LogP contribution in [-0.4, -0.2) is 25.6 Å². The molecule has 1 amide bonds. The van der Waals surface area contributed by atoms with Crippen molar-refractivity contribution in [1.29, 1.82) is 0 Å². The number of amides is 1. The maximum atomic E-state index is 12.2. The lowest BCUT2D eigenvalue weighted by Gasteiger charge is -2.10. The molecule has 0 spiro atoms. The molecule has 3 N–H and O–H groups in total. The van der Waals surface area contributed by atoms with E-state index in [4.69, 9.17) is 10.5 Å². The predicted octanol–water partition coefficient (Wildman–Crippen LogP) is 2.64. The number of esters is 1. The zero-order valence-corrected chi connectivity index (χ0v) is 13.7. The van der Waals surface area contributed by atoms with Crippen molar-refractivity contribution in [2.24, 2.45) is 0 Å². The minimum Gasteiger partial charge on any atom is -0.494 e. The van der Waals surface area contributed by atoms with E-state index in [0.717, 1.165) is 11.3 Å². The van der Waals surface area contributed by atoms with E-state index in [2.05, 4.69) is 10.1 Å². The number of nitrogen functional groups attached to an aromatic ring is 1. The van der Waals surface area contributed by atoms with Gasteiger partial charge in [0.1, 0.15) is 5.75 Å². The third-order valence-electron chi connectivity index (χ3n) is 3.35. The van der Waals surface area contributed by atoms with Gasteiger partial charge in [0.05, 0.1) is 37.1 Å². The highest BCUT2D eigenvalue weighted by molar-refractivity contribution is 5.98. The molecule has 2 aromatic carbocycles. The monoisotopic (exact) mass is 328 g/mol. The first kappa shape index (κ1) is 17.3. The zero-order valence-electron chi connectivity index (χ0n) is 13.7. The molecule has 0 atom stereocenters. The van der Waals surface area contributed by atoms with E-state index >= 15 is 0 Å². The fourth-order valence-corrected chi connectivity index (χ4v) is 2.16. The van der Waals surface area contributed by atoms with Gasteiger partial charge >= 0.3 is 5.97 Å². The summed E-state index contributed by atoms with van der Waals surface area (Å²) in [7, 11) is 1.29. The van der Waals surface area contributed by atoms with Crippen LogP contribution in [-0.2, 0) is 16.0 Å². The second-order valence-electron chi connectivity index (χ2n) is 5.10. The van der Waals surface area contributed by atoms with E-state index in [0.29, 0.717) is 23.5 Å². The summed E-state index contributed by atoms with van der Waals surface area (Å²) in [6.45, 7) is 2.50. The number of anilines is 2. The molecule has 2 aromatic rings. The van der Waals surface area contributed by atoms with Crippen LogP contribution < -0.4 is 15.8 Å². The Bertz CT molecular complexity index is 726. The quantitative estimate of drug-likeness (QED) is 0.628. The third kappa shape index (κ3) is 4.49. The van der Waals surface area contributed by atoms with Crippen LogP contribution in [0.1, 0.15) is 22.8 Å². The first-order valence-corrected chi connectivity index (χ1v) is 7.53. The number of carbonyl (C=O) groups is 2. The van der Waals surface area contributed by atoms with Crippen molar-refractivity contribution in [3.63, 3.8) is 0 Å². The van der Waals surface area contributed by atoms with E-state index in [1.54, 1.807) is 12.1 Å². The van der Waals surface area contributed by atoms with Gasteiger partial charge in [0.2, 0.25) is 5.91 Å². The Morgan fingerprint density at radius 3 is 2.46 bits per heavy atom. The molecule has 0 saturated carbocycles. The number of hydrogen-bond donors (Lipinski definition) is 2. The summed E-state index contributed by atoms with van der Waals surface area (Å²) >= 11 is 0. The lowest BCUT2D eigenvalue weighted by molar-refractivity contribution is -0.115. The van der Waals surface area contributed by atoms with Gasteiger partial charge in [0, 0.05) is 0 Å². The third-order valence-corrected chi connectivity index (χ3v) is 3.35. The van der Waals surface area contributed by atoms with Crippen molar-refractivity contribution in [3.8, 4) is 5.75 Å². The Hall–Kier alpha value is -3.02. The SMILES string of the molecule is CCOc1ccc(CC(=O)Nc2cc(C(=O)OC)ccc2N)cc1. The maximum absolute atomic E-state index is 12.2. The zero-order chi connectivity index (χ0) is 17.5. The van der Waals surface area contributed by atoms with E-state index in [9.17, 15) is 9.59 Å². The number of nitrogens with one attached hydrogen (secondary N) is 1. The minimum absolute atomic E-state index is 0.189. The molecule has 0 unspecified atom stereocenters. The Labute approximate surface area is 140 Å². The Morgan fingerprint density at radius 1 is 1.12 bits per heavy atom. The standard InChI is InChI=1S/C18H20N2O4/c1-3-24-14-7-4-12(5-8-14)10-17(21)20-16-11-13(18(22)23-2)6-9-15(16)19/h4-9,11H,3,10,19H2,1-2H3,(H,20,21). The van der Waals surface area contributed by atoms with Crippen LogP contribution in [0.4, 0.5) is 11.4 Å². The summed E-state index contributed by atoms with van der Waals surface area (Å²) < 4.78 is 10.0. The smallest absolute Gasteiger partial charge is 0.337 e. The largest absolute Gasteiger partial charge is 0.494 e. The Kier molecular flexibility index (Phi) is 5.78. The lowest BCUT2D eigenvalue weighted by atomic mass is 10.1. The molecule has 0 aliphatic heterocycles. The molecule has 0 heterocycles. The van der Waals surface area contributed by atoms with Gasteiger partial charge in [-0.05, 0) is 42.8 Å². The van der Waals surface area contributed by atoms with Crippen LogP contribution in [0.2, 0.25) is 0 Å².